The van der Waals surface area contributed by atoms with Crippen LogP contribution >= 0.6 is 0 Å². The Morgan fingerprint density at radius 3 is 3.03 bits per heavy atom. The van der Waals surface area contributed by atoms with E-state index in [2.05, 4.69) is 20.8 Å². The second-order valence-corrected chi connectivity index (χ2v) is 11.6. The summed E-state index contributed by atoms with van der Waals surface area (Å²) >= 11 is 0. The van der Waals surface area contributed by atoms with Crippen molar-refractivity contribution in [2.24, 2.45) is 14.9 Å². The van der Waals surface area contributed by atoms with Crippen molar-refractivity contribution < 1.29 is 18.5 Å². The fraction of sp³-hybridized carbons (Fsp3) is 0.565. The number of amides is 2. The van der Waals surface area contributed by atoms with Crippen molar-refractivity contribution in [3.63, 3.8) is 0 Å². The first-order valence-corrected chi connectivity index (χ1v) is 13.2. The summed E-state index contributed by atoms with van der Waals surface area (Å²) in [6.45, 7) is 1.87. The summed E-state index contributed by atoms with van der Waals surface area (Å²) in [7, 11) is -1.82. The molecular weight excluding hydrogens is 442 g/mol. The van der Waals surface area contributed by atoms with Gasteiger partial charge in [0.25, 0.3) is 0 Å². The molecule has 3 N–H and O–H groups in total. The second-order valence-electron chi connectivity index (χ2n) is 9.86. The lowest BCUT2D eigenvalue weighted by Gasteiger charge is -2.24. The topological polar surface area (TPSA) is 121 Å². The Kier molecular flexibility index (Phi) is 4.83. The fourth-order valence-electron chi connectivity index (χ4n) is 5.66. The zero-order chi connectivity index (χ0) is 22.8. The van der Waals surface area contributed by atoms with Crippen molar-refractivity contribution in [1.29, 1.82) is 0 Å². The molecule has 0 saturated heterocycles. The number of nitrogens with two attached hydrogens (primary N) is 1. The lowest BCUT2D eigenvalue weighted by atomic mass is 9.94. The molecule has 1 saturated carbocycles. The van der Waals surface area contributed by atoms with E-state index in [0.29, 0.717) is 25.6 Å². The summed E-state index contributed by atoms with van der Waals surface area (Å²) in [5.74, 6) is 0.581. The van der Waals surface area contributed by atoms with Gasteiger partial charge >= 0.3 is 6.03 Å². The minimum atomic E-state index is -3.52. The van der Waals surface area contributed by atoms with Crippen LogP contribution in [0.5, 0.6) is 5.88 Å². The summed E-state index contributed by atoms with van der Waals surface area (Å²) in [4.78, 5) is 13.2. The van der Waals surface area contributed by atoms with Crippen LogP contribution in [0.2, 0.25) is 0 Å². The quantitative estimate of drug-likeness (QED) is 0.710. The zero-order valence-corrected chi connectivity index (χ0v) is 19.6. The number of nitrogens with one attached hydrogen (secondary N) is 1. The highest BCUT2D eigenvalue weighted by atomic mass is 32.2. The molecule has 1 spiro atoms. The molecule has 9 nitrogen and oxygen atoms in total. The van der Waals surface area contributed by atoms with Crippen LogP contribution in [0.25, 0.3) is 0 Å². The lowest BCUT2D eigenvalue weighted by molar-refractivity contribution is 0.144. The van der Waals surface area contributed by atoms with Crippen molar-refractivity contribution in [3.8, 4) is 5.88 Å². The second kappa shape index (κ2) is 7.54. The monoisotopic (exact) mass is 471 g/mol. The number of hydrogen-bond donors (Lipinski definition) is 2. The number of fused-ring (bicyclic) bond motifs is 3. The first-order valence-electron chi connectivity index (χ1n) is 11.6. The molecule has 6 rings (SSSR count). The van der Waals surface area contributed by atoms with E-state index < -0.39 is 15.9 Å². The van der Waals surface area contributed by atoms with E-state index >= 15 is 0 Å². The maximum Gasteiger partial charge on any atom is 0.354 e. The maximum absolute atomic E-state index is 13.3. The zero-order valence-electron chi connectivity index (χ0n) is 18.8. The van der Waals surface area contributed by atoms with Crippen LogP contribution in [-0.2, 0) is 40.5 Å². The van der Waals surface area contributed by atoms with Crippen LogP contribution in [0, 0.1) is 5.41 Å². The van der Waals surface area contributed by atoms with Gasteiger partial charge in [0.2, 0.25) is 5.88 Å². The standard InChI is InChI=1S/C23H29N5O4S/c1-31-11-16-6-5-15-9-14-3-2-4-17(14)20(19(15)16)26-22(29)27-33(24,30)18-10-25-28-12-23(7-8-23)13-32-21(18)28/h9-10,16H,2-8,11-13H2,1H3,(H3,24,26,27,29,30)/t16-,33+/m0/s1. The summed E-state index contributed by atoms with van der Waals surface area (Å²) in [6, 6.07) is 1.58. The number of rotatable bonds is 4. The van der Waals surface area contributed by atoms with Crippen LogP contribution in [0.4, 0.5) is 10.5 Å². The number of ether oxygens (including phenoxy) is 2. The predicted molar refractivity (Wildman–Crippen MR) is 123 cm³/mol. The van der Waals surface area contributed by atoms with E-state index in [1.165, 1.54) is 17.3 Å². The van der Waals surface area contributed by atoms with E-state index in [9.17, 15) is 9.00 Å². The molecule has 0 unspecified atom stereocenters. The number of methoxy groups -OCH3 is 1. The number of hydrogen-bond acceptors (Lipinski definition) is 5. The van der Waals surface area contributed by atoms with Crippen molar-refractivity contribution >= 4 is 21.6 Å². The first kappa shape index (κ1) is 21.1. The minimum Gasteiger partial charge on any atom is -0.476 e. The van der Waals surface area contributed by atoms with Crippen LogP contribution < -0.4 is 15.2 Å². The summed E-state index contributed by atoms with van der Waals surface area (Å²) < 4.78 is 30.2. The average molecular weight is 472 g/mol. The molecule has 1 aliphatic heterocycles. The number of anilines is 1. The molecule has 33 heavy (non-hydrogen) atoms. The first-order chi connectivity index (χ1) is 15.9. The van der Waals surface area contributed by atoms with Crippen molar-refractivity contribution in [3.05, 3.63) is 34.5 Å². The molecule has 2 atom stereocenters. The van der Waals surface area contributed by atoms with Crippen LogP contribution in [0.1, 0.15) is 53.9 Å². The Morgan fingerprint density at radius 1 is 1.39 bits per heavy atom. The van der Waals surface area contributed by atoms with Gasteiger partial charge < -0.3 is 14.8 Å². The van der Waals surface area contributed by atoms with Crippen LogP contribution in [-0.4, -0.2) is 40.3 Å². The van der Waals surface area contributed by atoms with E-state index in [1.807, 2.05) is 0 Å². The molecular formula is C23H29N5O4S. The highest BCUT2D eigenvalue weighted by Crippen LogP contribution is 2.50. The van der Waals surface area contributed by atoms with Gasteiger partial charge in [-0.2, -0.15) is 5.10 Å². The summed E-state index contributed by atoms with van der Waals surface area (Å²) in [6.07, 6.45) is 8.54. The van der Waals surface area contributed by atoms with E-state index in [1.54, 1.807) is 11.8 Å². The van der Waals surface area contributed by atoms with Gasteiger partial charge in [0.05, 0.1) is 26.0 Å². The van der Waals surface area contributed by atoms with Gasteiger partial charge in [-0.3, -0.25) is 0 Å². The molecule has 0 bridgehead atoms. The van der Waals surface area contributed by atoms with Gasteiger partial charge in [-0.15, -0.1) is 4.36 Å². The predicted octanol–water partition coefficient (Wildman–Crippen LogP) is 3.15. The molecule has 4 aliphatic rings. The SMILES string of the molecule is COC[C@@H]1CCc2cc3c(c(NC(=O)N=[S@@](N)(=O)c4cnn5c4OCC4(CC4)C5)c21)CCC3. The highest BCUT2D eigenvalue weighted by Gasteiger charge is 2.48. The number of aromatic nitrogens is 2. The maximum atomic E-state index is 13.3. The Hall–Kier alpha value is -2.43. The molecule has 2 aromatic rings. The molecule has 1 fully saturated rings. The van der Waals surface area contributed by atoms with Crippen molar-refractivity contribution in [2.75, 3.05) is 25.6 Å². The van der Waals surface area contributed by atoms with Gasteiger partial charge in [-0.25, -0.2) is 18.8 Å². The Labute approximate surface area is 193 Å². The lowest BCUT2D eigenvalue weighted by Crippen LogP contribution is -2.28. The summed E-state index contributed by atoms with van der Waals surface area (Å²) in [5.41, 5.74) is 5.79. The normalized spacial score (nSPS) is 23.3. The van der Waals surface area contributed by atoms with Gasteiger partial charge in [0.15, 0.2) is 9.92 Å². The fourth-order valence-corrected chi connectivity index (χ4v) is 6.67. The van der Waals surface area contributed by atoms with Crippen molar-refractivity contribution in [1.82, 2.24) is 9.78 Å². The number of nitrogens with zero attached hydrogens (tertiary/aromatic N) is 3. The van der Waals surface area contributed by atoms with Crippen molar-refractivity contribution in [2.45, 2.75) is 62.3 Å². The smallest absolute Gasteiger partial charge is 0.354 e. The third-order valence-electron chi connectivity index (χ3n) is 7.55. The molecule has 10 heteroatoms. The molecule has 176 valence electrons. The minimum absolute atomic E-state index is 0.146. The van der Waals surface area contributed by atoms with Gasteiger partial charge in [-0.05, 0) is 67.2 Å². The third-order valence-corrected chi connectivity index (χ3v) is 8.89. The Morgan fingerprint density at radius 2 is 2.24 bits per heavy atom. The third kappa shape index (κ3) is 3.55. The molecule has 0 radical (unpaired) electrons. The molecule has 1 aromatic heterocycles. The van der Waals surface area contributed by atoms with E-state index in [4.69, 9.17) is 14.6 Å². The highest BCUT2D eigenvalue weighted by molar-refractivity contribution is 7.91. The number of carbonyl (C=O) groups is 1. The Bertz CT molecular complexity index is 1270. The number of benzene rings is 1. The molecule has 3 aliphatic carbocycles. The van der Waals surface area contributed by atoms with E-state index in [0.717, 1.165) is 61.8 Å². The molecule has 1 aromatic carbocycles. The number of carbonyl (C=O) groups excluding carboxylic acids is 1. The van der Waals surface area contributed by atoms with Gasteiger partial charge in [0, 0.05) is 24.1 Å². The van der Waals surface area contributed by atoms with Gasteiger partial charge in [-0.1, -0.05) is 6.07 Å². The number of urea groups is 1. The largest absolute Gasteiger partial charge is 0.476 e. The number of aryl methyl sites for hydroxylation is 2. The average Bonchev–Trinajstić information content (AvgIpc) is 3.15. The molecule has 2 amide bonds. The van der Waals surface area contributed by atoms with Crippen LogP contribution in [0.15, 0.2) is 21.5 Å². The van der Waals surface area contributed by atoms with Crippen LogP contribution in [0.3, 0.4) is 0 Å². The molecule has 2 heterocycles. The van der Waals surface area contributed by atoms with E-state index in [-0.39, 0.29) is 16.2 Å². The van der Waals surface area contributed by atoms with Gasteiger partial charge in [0.1, 0.15) is 4.90 Å². The Balaban J connectivity index is 1.33. The summed E-state index contributed by atoms with van der Waals surface area (Å²) in [5, 5.41) is 13.4.